The number of amides is 3. The zero-order valence-electron chi connectivity index (χ0n) is 19.4. The molecular weight excluding hydrogens is 527 g/mol. The van der Waals surface area contributed by atoms with Crippen LogP contribution in [0.3, 0.4) is 0 Å². The van der Waals surface area contributed by atoms with Crippen molar-refractivity contribution in [3.8, 4) is 17.1 Å². The molecule has 0 bridgehead atoms. The van der Waals surface area contributed by atoms with Crippen molar-refractivity contribution in [1.82, 2.24) is 19.7 Å². The number of pyridine rings is 1. The van der Waals surface area contributed by atoms with Gasteiger partial charge in [-0.25, -0.2) is 19.4 Å². The van der Waals surface area contributed by atoms with Crippen LogP contribution in [0.1, 0.15) is 31.3 Å². The van der Waals surface area contributed by atoms with Crippen molar-refractivity contribution in [2.75, 3.05) is 16.8 Å². The summed E-state index contributed by atoms with van der Waals surface area (Å²) in [7, 11) is 0. The molecule has 0 radical (unpaired) electrons. The maximum atomic E-state index is 12.8. The van der Waals surface area contributed by atoms with E-state index in [0.717, 1.165) is 18.5 Å². The third kappa shape index (κ3) is 6.07. The van der Waals surface area contributed by atoms with Crippen molar-refractivity contribution < 1.29 is 41.9 Å². The first kappa shape index (κ1) is 26.5. The van der Waals surface area contributed by atoms with E-state index in [-0.39, 0.29) is 33.4 Å². The molecule has 39 heavy (non-hydrogen) atoms. The second kappa shape index (κ2) is 10.4. The van der Waals surface area contributed by atoms with Crippen LogP contribution in [0, 0.1) is 0 Å². The van der Waals surface area contributed by atoms with Crippen LogP contribution in [-0.2, 0) is 0 Å². The smallest absolute Gasteiger partial charge is 0.413 e. The molecule has 0 aliphatic carbocycles. The summed E-state index contributed by atoms with van der Waals surface area (Å²) in [6.07, 6.45) is -2.74. The van der Waals surface area contributed by atoms with E-state index in [1.165, 1.54) is 29.1 Å². The van der Waals surface area contributed by atoms with Gasteiger partial charge in [0.1, 0.15) is 24.9 Å². The van der Waals surface area contributed by atoms with Gasteiger partial charge >= 0.3 is 12.3 Å². The van der Waals surface area contributed by atoms with Gasteiger partial charge in [0.25, 0.3) is 11.8 Å². The predicted molar refractivity (Wildman–Crippen MR) is 127 cm³/mol. The van der Waals surface area contributed by atoms with Crippen LogP contribution >= 0.6 is 0 Å². The molecule has 200 valence electrons. The number of nitrogens with two attached hydrogens (primary N) is 1. The van der Waals surface area contributed by atoms with Crippen LogP contribution in [0.15, 0.2) is 59.5 Å². The lowest BCUT2D eigenvalue weighted by molar-refractivity contribution is -0.119. The fourth-order valence-corrected chi connectivity index (χ4v) is 3.31. The molecule has 3 amide bonds. The number of oxazole rings is 1. The van der Waals surface area contributed by atoms with Crippen molar-refractivity contribution in [1.29, 1.82) is 0 Å². The normalized spacial score (nSPS) is 11.2. The van der Waals surface area contributed by atoms with Gasteiger partial charge < -0.3 is 20.6 Å². The minimum atomic E-state index is -4.82. The van der Waals surface area contributed by atoms with Gasteiger partial charge in [0, 0.05) is 17.3 Å². The molecule has 0 aliphatic heterocycles. The van der Waals surface area contributed by atoms with Crippen LogP contribution in [0.5, 0.6) is 0 Å². The Morgan fingerprint density at radius 2 is 1.90 bits per heavy atom. The van der Waals surface area contributed by atoms with Crippen LogP contribution in [0.2, 0.25) is 0 Å². The highest BCUT2D eigenvalue weighted by atomic mass is 19.4. The van der Waals surface area contributed by atoms with E-state index >= 15 is 0 Å². The standard InChI is InChI=1S/C23H16F3N7O6/c24-23(25,26)11-32(22(37)38)17-7-13(5-6-28-17)21-30-16(10-39-21)20(36)29-15-8-33(31-18(15)19(27)35)14-3-1-12(9-34)2-4-14/h1-10H,11H2,(H2,27,35)(H,29,36)(H,37,38). The number of carbonyl (C=O) groups excluding carboxylic acids is 3. The lowest BCUT2D eigenvalue weighted by Gasteiger charge is -2.19. The van der Waals surface area contributed by atoms with Crippen molar-refractivity contribution in [2.45, 2.75) is 6.18 Å². The van der Waals surface area contributed by atoms with Gasteiger partial charge in [0.2, 0.25) is 5.89 Å². The number of alkyl halides is 3. The number of aromatic nitrogens is 4. The maximum absolute atomic E-state index is 12.8. The summed E-state index contributed by atoms with van der Waals surface area (Å²) >= 11 is 0. The minimum absolute atomic E-state index is 0.00440. The maximum Gasteiger partial charge on any atom is 0.413 e. The number of carboxylic acid groups (broad SMARTS) is 1. The summed E-state index contributed by atoms with van der Waals surface area (Å²) in [4.78, 5) is 54.5. The number of hydrogen-bond donors (Lipinski definition) is 3. The molecule has 0 unspecified atom stereocenters. The zero-order chi connectivity index (χ0) is 28.3. The fraction of sp³-hybridized carbons (Fsp3) is 0.0870. The second-order valence-corrected chi connectivity index (χ2v) is 7.79. The quantitative estimate of drug-likeness (QED) is 0.281. The molecule has 3 aromatic heterocycles. The fourth-order valence-electron chi connectivity index (χ4n) is 3.31. The van der Waals surface area contributed by atoms with Crippen LogP contribution in [0.25, 0.3) is 17.1 Å². The summed E-state index contributed by atoms with van der Waals surface area (Å²) in [5.41, 5.74) is 5.66. The summed E-state index contributed by atoms with van der Waals surface area (Å²) in [6.45, 7) is -1.80. The predicted octanol–water partition coefficient (Wildman–Crippen LogP) is 3.13. The number of rotatable bonds is 8. The summed E-state index contributed by atoms with van der Waals surface area (Å²) in [5, 5.41) is 15.7. The largest absolute Gasteiger partial charge is 0.465 e. The highest BCUT2D eigenvalue weighted by Gasteiger charge is 2.34. The van der Waals surface area contributed by atoms with E-state index in [9.17, 15) is 32.3 Å². The van der Waals surface area contributed by atoms with Crippen molar-refractivity contribution >= 4 is 35.7 Å². The second-order valence-electron chi connectivity index (χ2n) is 7.79. The molecule has 4 aromatic rings. The monoisotopic (exact) mass is 543 g/mol. The van der Waals surface area contributed by atoms with Gasteiger partial charge in [0.15, 0.2) is 11.4 Å². The van der Waals surface area contributed by atoms with E-state index in [0.29, 0.717) is 17.5 Å². The molecule has 3 heterocycles. The van der Waals surface area contributed by atoms with Crippen molar-refractivity contribution in [3.63, 3.8) is 0 Å². The van der Waals surface area contributed by atoms with Gasteiger partial charge in [0.05, 0.1) is 17.6 Å². The van der Waals surface area contributed by atoms with Crippen LogP contribution in [-0.4, -0.2) is 61.8 Å². The third-order valence-corrected chi connectivity index (χ3v) is 5.06. The molecule has 0 saturated carbocycles. The molecule has 4 rings (SSSR count). The first-order valence-corrected chi connectivity index (χ1v) is 10.7. The van der Waals surface area contributed by atoms with Gasteiger partial charge in [-0.05, 0) is 36.4 Å². The average Bonchev–Trinajstić information content (AvgIpc) is 3.55. The molecule has 13 nitrogen and oxygen atoms in total. The minimum Gasteiger partial charge on any atom is -0.465 e. The zero-order valence-corrected chi connectivity index (χ0v) is 19.4. The van der Waals surface area contributed by atoms with Gasteiger partial charge in [-0.2, -0.15) is 18.3 Å². The molecule has 0 fully saturated rings. The number of nitrogens with one attached hydrogen (secondary N) is 1. The highest BCUT2D eigenvalue weighted by molar-refractivity contribution is 6.07. The third-order valence-electron chi connectivity index (χ3n) is 5.06. The molecule has 0 atom stereocenters. The molecule has 1 aromatic carbocycles. The lowest BCUT2D eigenvalue weighted by Crippen LogP contribution is -2.38. The summed E-state index contributed by atoms with van der Waals surface area (Å²) in [6, 6.07) is 8.44. The molecule has 16 heteroatoms. The molecule has 0 spiro atoms. The first-order valence-electron chi connectivity index (χ1n) is 10.7. The molecular formula is C23H16F3N7O6. The number of halogens is 3. The van der Waals surface area contributed by atoms with Gasteiger partial charge in [-0.3, -0.25) is 19.3 Å². The van der Waals surface area contributed by atoms with Crippen LogP contribution in [0.4, 0.5) is 29.5 Å². The molecule has 0 saturated heterocycles. The Kier molecular flexibility index (Phi) is 7.10. The number of anilines is 2. The number of hydrogen-bond acceptors (Lipinski definition) is 8. The summed E-state index contributed by atoms with van der Waals surface area (Å²) in [5.74, 6) is -2.55. The Morgan fingerprint density at radius 1 is 1.18 bits per heavy atom. The van der Waals surface area contributed by atoms with Gasteiger partial charge in [-0.1, -0.05) is 0 Å². The topological polar surface area (TPSA) is 187 Å². The van der Waals surface area contributed by atoms with Gasteiger partial charge in [-0.15, -0.1) is 0 Å². The highest BCUT2D eigenvalue weighted by Crippen LogP contribution is 2.26. The van der Waals surface area contributed by atoms with E-state index in [4.69, 9.17) is 15.3 Å². The SMILES string of the molecule is NC(=O)c1nn(-c2ccc(C=O)cc2)cc1NC(=O)c1coc(-c2ccnc(N(CC(F)(F)F)C(=O)O)c2)n1. The average molecular weight is 543 g/mol. The molecule has 0 aliphatic rings. The van der Waals surface area contributed by atoms with Crippen molar-refractivity contribution in [2.24, 2.45) is 5.73 Å². The van der Waals surface area contributed by atoms with E-state index in [1.54, 1.807) is 12.1 Å². The number of nitrogens with zero attached hydrogens (tertiary/aromatic N) is 5. The molecule has 4 N–H and O–H groups in total. The van der Waals surface area contributed by atoms with E-state index in [2.05, 4.69) is 20.4 Å². The van der Waals surface area contributed by atoms with Crippen molar-refractivity contribution in [3.05, 3.63) is 72.0 Å². The van der Waals surface area contributed by atoms with E-state index < -0.39 is 36.4 Å². The lowest BCUT2D eigenvalue weighted by atomic mass is 10.2. The summed E-state index contributed by atoms with van der Waals surface area (Å²) < 4.78 is 44.9. The first-order chi connectivity index (χ1) is 18.4. The van der Waals surface area contributed by atoms with E-state index in [1.807, 2.05) is 0 Å². The Balaban J connectivity index is 1.57. The Morgan fingerprint density at radius 3 is 2.51 bits per heavy atom. The Labute approximate surface area is 215 Å². The van der Waals surface area contributed by atoms with Crippen LogP contribution < -0.4 is 16.0 Å². The number of benzene rings is 1. The number of primary amides is 1. The number of carbonyl (C=O) groups is 4. The number of aldehydes is 1. The Bertz CT molecular complexity index is 1560. The Hall–Kier alpha value is -5.54.